The lowest BCUT2D eigenvalue weighted by molar-refractivity contribution is -0.116. The number of ether oxygens (including phenoxy) is 2. The highest BCUT2D eigenvalue weighted by atomic mass is 32.1. The lowest BCUT2D eigenvalue weighted by Gasteiger charge is -2.40. The lowest BCUT2D eigenvalue weighted by atomic mass is 9.84. The van der Waals surface area contributed by atoms with Gasteiger partial charge < -0.3 is 19.7 Å². The number of carbonyl (C=O) groups is 1. The van der Waals surface area contributed by atoms with Gasteiger partial charge in [-0.05, 0) is 63.0 Å². The topological polar surface area (TPSA) is 50.8 Å². The Labute approximate surface area is 166 Å². The number of rotatable bonds is 7. The monoisotopic (exact) mass is 388 g/mol. The molecule has 1 aliphatic carbocycles. The second-order valence-electron chi connectivity index (χ2n) is 6.75. The Bertz CT molecular complexity index is 760. The van der Waals surface area contributed by atoms with Crippen molar-refractivity contribution in [3.63, 3.8) is 0 Å². The molecular formula is C21H28N2O3S. The molecule has 2 aliphatic rings. The average Bonchev–Trinajstić information content (AvgIpc) is 2.66. The Morgan fingerprint density at radius 3 is 2.70 bits per heavy atom. The molecular weight excluding hydrogens is 360 g/mol. The van der Waals surface area contributed by atoms with Crippen LogP contribution in [0.15, 0.2) is 29.5 Å². The van der Waals surface area contributed by atoms with Crippen molar-refractivity contribution in [3.8, 4) is 11.5 Å². The lowest BCUT2D eigenvalue weighted by Crippen LogP contribution is -2.49. The zero-order chi connectivity index (χ0) is 19.4. The molecule has 146 valence electrons. The molecule has 1 N–H and O–H groups in total. The summed E-state index contributed by atoms with van der Waals surface area (Å²) < 4.78 is 11.6. The van der Waals surface area contributed by atoms with Crippen molar-refractivity contribution in [2.75, 3.05) is 19.8 Å². The SMILES string of the molecule is CCCOc1ccc(C2NC(=S)N(CC)C3=C2C(=O)CCC3)cc1OCC. The van der Waals surface area contributed by atoms with Crippen molar-refractivity contribution in [2.45, 2.75) is 52.5 Å². The third-order valence-corrected chi connectivity index (χ3v) is 5.27. The van der Waals surface area contributed by atoms with Crippen LogP contribution in [0.1, 0.15) is 58.1 Å². The van der Waals surface area contributed by atoms with Crippen LogP contribution >= 0.6 is 12.2 Å². The van der Waals surface area contributed by atoms with Gasteiger partial charge in [-0.3, -0.25) is 4.79 Å². The molecule has 1 aliphatic heterocycles. The van der Waals surface area contributed by atoms with Gasteiger partial charge in [0.1, 0.15) is 0 Å². The predicted molar refractivity (Wildman–Crippen MR) is 110 cm³/mol. The van der Waals surface area contributed by atoms with E-state index in [9.17, 15) is 4.79 Å². The van der Waals surface area contributed by atoms with E-state index in [1.54, 1.807) is 0 Å². The Hall–Kier alpha value is -2.08. The van der Waals surface area contributed by atoms with Crippen LogP contribution in [0.25, 0.3) is 0 Å². The maximum absolute atomic E-state index is 12.8. The van der Waals surface area contributed by atoms with Gasteiger partial charge in [-0.25, -0.2) is 0 Å². The molecule has 0 spiro atoms. The molecule has 5 nitrogen and oxygen atoms in total. The van der Waals surface area contributed by atoms with Gasteiger partial charge in [0.15, 0.2) is 22.4 Å². The quantitative estimate of drug-likeness (QED) is 0.709. The molecule has 0 saturated carbocycles. The second-order valence-corrected chi connectivity index (χ2v) is 7.14. The summed E-state index contributed by atoms with van der Waals surface area (Å²) in [5, 5.41) is 4.06. The molecule has 0 bridgehead atoms. The molecule has 27 heavy (non-hydrogen) atoms. The molecule has 0 radical (unpaired) electrons. The number of nitrogens with zero attached hydrogens (tertiary/aromatic N) is 1. The van der Waals surface area contributed by atoms with Gasteiger partial charge in [-0.2, -0.15) is 0 Å². The minimum Gasteiger partial charge on any atom is -0.490 e. The maximum Gasteiger partial charge on any atom is 0.173 e. The van der Waals surface area contributed by atoms with E-state index >= 15 is 0 Å². The number of hydrogen-bond donors (Lipinski definition) is 1. The van der Waals surface area contributed by atoms with E-state index < -0.39 is 0 Å². The van der Waals surface area contributed by atoms with Gasteiger partial charge in [0.2, 0.25) is 0 Å². The summed E-state index contributed by atoms with van der Waals surface area (Å²) in [6.07, 6.45) is 3.31. The number of nitrogens with one attached hydrogen (secondary N) is 1. The van der Waals surface area contributed by atoms with Crippen molar-refractivity contribution >= 4 is 23.1 Å². The highest BCUT2D eigenvalue weighted by Gasteiger charge is 2.36. The van der Waals surface area contributed by atoms with Gasteiger partial charge in [0, 0.05) is 24.2 Å². The molecule has 0 amide bonds. The smallest absolute Gasteiger partial charge is 0.173 e. The molecule has 3 rings (SSSR count). The summed E-state index contributed by atoms with van der Waals surface area (Å²) in [5.41, 5.74) is 2.90. The van der Waals surface area contributed by atoms with E-state index in [1.165, 1.54) is 0 Å². The fourth-order valence-corrected chi connectivity index (χ4v) is 4.10. The highest BCUT2D eigenvalue weighted by Crippen LogP contribution is 2.39. The van der Waals surface area contributed by atoms with Crippen LogP contribution in [0.2, 0.25) is 0 Å². The fourth-order valence-electron chi connectivity index (χ4n) is 3.74. The standard InChI is InChI=1S/C21H28N2O3S/c1-4-12-26-17-11-10-14(13-18(17)25-6-3)20-19-15(8-7-9-16(19)24)23(5-2)21(27)22-20/h10-11,13,20H,4-9,12H2,1-3H3,(H,22,27). The highest BCUT2D eigenvalue weighted by molar-refractivity contribution is 7.80. The number of thiocarbonyl (C=S) groups is 1. The molecule has 6 heteroatoms. The molecule has 1 aromatic carbocycles. The number of allylic oxidation sites excluding steroid dienone is 1. The average molecular weight is 389 g/mol. The minimum absolute atomic E-state index is 0.207. The summed E-state index contributed by atoms with van der Waals surface area (Å²) in [6, 6.07) is 5.67. The zero-order valence-electron chi connectivity index (χ0n) is 16.3. The van der Waals surface area contributed by atoms with Crippen molar-refractivity contribution < 1.29 is 14.3 Å². The van der Waals surface area contributed by atoms with E-state index in [0.717, 1.165) is 48.4 Å². The van der Waals surface area contributed by atoms with Crippen LogP contribution in [0, 0.1) is 0 Å². The van der Waals surface area contributed by atoms with Crippen LogP contribution < -0.4 is 14.8 Å². The first kappa shape index (κ1) is 19.7. The number of carbonyl (C=O) groups excluding carboxylic acids is 1. The van der Waals surface area contributed by atoms with E-state index in [-0.39, 0.29) is 11.8 Å². The largest absolute Gasteiger partial charge is 0.490 e. The van der Waals surface area contributed by atoms with Crippen LogP contribution in [-0.2, 0) is 4.79 Å². The predicted octanol–water partition coefficient (Wildman–Crippen LogP) is 4.13. The van der Waals surface area contributed by atoms with Crippen LogP contribution in [0.4, 0.5) is 0 Å². The maximum atomic E-state index is 12.8. The summed E-state index contributed by atoms with van der Waals surface area (Å²) >= 11 is 5.59. The Morgan fingerprint density at radius 2 is 2.00 bits per heavy atom. The second kappa shape index (κ2) is 8.74. The van der Waals surface area contributed by atoms with E-state index in [1.807, 2.05) is 25.1 Å². The minimum atomic E-state index is -0.234. The Balaban J connectivity index is 2.02. The molecule has 0 fully saturated rings. The van der Waals surface area contributed by atoms with Crippen LogP contribution in [-0.4, -0.2) is 35.6 Å². The number of ketones is 1. The third kappa shape index (κ3) is 3.95. The van der Waals surface area contributed by atoms with Crippen molar-refractivity contribution in [1.82, 2.24) is 10.2 Å². The summed E-state index contributed by atoms with van der Waals surface area (Å²) in [7, 11) is 0. The first-order chi connectivity index (χ1) is 13.1. The van der Waals surface area contributed by atoms with Crippen LogP contribution in [0.3, 0.4) is 0 Å². The van der Waals surface area contributed by atoms with Crippen molar-refractivity contribution in [2.24, 2.45) is 0 Å². The molecule has 1 unspecified atom stereocenters. The van der Waals surface area contributed by atoms with E-state index in [4.69, 9.17) is 21.7 Å². The van der Waals surface area contributed by atoms with Crippen molar-refractivity contribution in [3.05, 3.63) is 35.0 Å². The number of benzene rings is 1. The van der Waals surface area contributed by atoms with Gasteiger partial charge >= 0.3 is 0 Å². The fraction of sp³-hybridized carbons (Fsp3) is 0.524. The molecule has 1 atom stereocenters. The van der Waals surface area contributed by atoms with E-state index in [2.05, 4.69) is 24.1 Å². The van der Waals surface area contributed by atoms with Crippen molar-refractivity contribution in [1.29, 1.82) is 0 Å². The van der Waals surface area contributed by atoms with Gasteiger partial charge in [0.05, 0.1) is 19.3 Å². The normalized spacial score (nSPS) is 19.7. The summed E-state index contributed by atoms with van der Waals surface area (Å²) in [5.74, 6) is 1.65. The summed E-state index contributed by atoms with van der Waals surface area (Å²) in [6.45, 7) is 8.05. The first-order valence-corrected chi connectivity index (χ1v) is 10.2. The molecule has 1 heterocycles. The zero-order valence-corrected chi connectivity index (χ0v) is 17.2. The van der Waals surface area contributed by atoms with E-state index in [0.29, 0.717) is 30.5 Å². The Kier molecular flexibility index (Phi) is 6.37. The van der Waals surface area contributed by atoms with Crippen LogP contribution in [0.5, 0.6) is 11.5 Å². The van der Waals surface area contributed by atoms with Gasteiger partial charge in [-0.15, -0.1) is 0 Å². The summed E-state index contributed by atoms with van der Waals surface area (Å²) in [4.78, 5) is 14.8. The Morgan fingerprint density at radius 1 is 1.19 bits per heavy atom. The molecule has 0 saturated heterocycles. The third-order valence-electron chi connectivity index (χ3n) is 4.94. The number of Topliss-reactive ketones (excluding diaryl/α,β-unsaturated/α-hetero) is 1. The first-order valence-electron chi connectivity index (χ1n) is 9.84. The van der Waals surface area contributed by atoms with Gasteiger partial charge in [-0.1, -0.05) is 13.0 Å². The molecule has 0 aromatic heterocycles. The van der Waals surface area contributed by atoms with Gasteiger partial charge in [0.25, 0.3) is 0 Å². The number of hydrogen-bond acceptors (Lipinski definition) is 4. The molecule has 1 aromatic rings.